The van der Waals surface area contributed by atoms with Gasteiger partial charge in [0.15, 0.2) is 0 Å². The molecule has 0 aliphatic carbocycles. The molecular weight excluding hydrogens is 208 g/mol. The van der Waals surface area contributed by atoms with Crippen LogP contribution in [0.2, 0.25) is 0 Å². The first-order valence-electron chi connectivity index (χ1n) is 5.74. The Kier molecular flexibility index (Phi) is 4.90. The average Bonchev–Trinajstić information content (AvgIpc) is 2.42. The van der Waals surface area contributed by atoms with E-state index in [2.05, 4.69) is 11.1 Å². The zero-order valence-corrected chi connectivity index (χ0v) is 10.4. The lowest BCUT2D eigenvalue weighted by molar-refractivity contribution is 1.23. The monoisotopic (exact) mass is 224 g/mol. The van der Waals surface area contributed by atoms with Crippen LogP contribution in [-0.2, 0) is 0 Å². The molecule has 0 saturated carbocycles. The molecule has 0 bridgehead atoms. The van der Waals surface area contributed by atoms with E-state index in [1.807, 2.05) is 57.2 Å². The summed E-state index contributed by atoms with van der Waals surface area (Å²) in [7, 11) is 0. The average molecular weight is 224 g/mol. The lowest BCUT2D eigenvalue weighted by atomic mass is 10.1. The molecule has 0 spiro atoms. The third-order valence-corrected chi connectivity index (χ3v) is 2.26. The van der Waals surface area contributed by atoms with Gasteiger partial charge in [0.1, 0.15) is 11.8 Å². The number of hydrogen-bond acceptors (Lipinski definition) is 2. The van der Waals surface area contributed by atoms with Crippen LogP contribution < -0.4 is 0 Å². The summed E-state index contributed by atoms with van der Waals surface area (Å²) in [6, 6.07) is 15.6. The Balaban J connectivity index is 0.000000686. The van der Waals surface area contributed by atoms with E-state index in [9.17, 15) is 0 Å². The van der Waals surface area contributed by atoms with Crippen molar-refractivity contribution in [2.45, 2.75) is 20.8 Å². The zero-order valence-electron chi connectivity index (χ0n) is 10.4. The standard InChI is InChI=1S/C13H10N2.C2H6/c1-10-7-8-12(9-14)15-13(10)11-5-3-2-4-6-11;1-2/h2-8H,1H3;1-2H3. The van der Waals surface area contributed by atoms with Crippen LogP contribution >= 0.6 is 0 Å². The van der Waals surface area contributed by atoms with Crippen LogP contribution in [0.25, 0.3) is 11.3 Å². The van der Waals surface area contributed by atoms with E-state index in [0.717, 1.165) is 16.8 Å². The van der Waals surface area contributed by atoms with E-state index in [4.69, 9.17) is 5.26 Å². The molecule has 0 atom stereocenters. The van der Waals surface area contributed by atoms with Gasteiger partial charge in [-0.1, -0.05) is 50.2 Å². The molecule has 2 aromatic rings. The predicted octanol–water partition coefficient (Wildman–Crippen LogP) is 3.95. The second-order valence-corrected chi connectivity index (χ2v) is 3.34. The summed E-state index contributed by atoms with van der Waals surface area (Å²) in [5.74, 6) is 0. The Hall–Kier alpha value is -2.14. The fourth-order valence-electron chi connectivity index (χ4n) is 1.48. The second-order valence-electron chi connectivity index (χ2n) is 3.34. The van der Waals surface area contributed by atoms with Crippen LogP contribution in [0.15, 0.2) is 42.5 Å². The summed E-state index contributed by atoms with van der Waals surface area (Å²) in [4.78, 5) is 4.30. The molecule has 1 heterocycles. The van der Waals surface area contributed by atoms with Crippen LogP contribution in [0.4, 0.5) is 0 Å². The normalized spacial score (nSPS) is 8.82. The number of hydrogen-bond donors (Lipinski definition) is 0. The molecule has 0 radical (unpaired) electrons. The van der Waals surface area contributed by atoms with Crippen molar-refractivity contribution in [3.63, 3.8) is 0 Å². The highest BCUT2D eigenvalue weighted by atomic mass is 14.7. The molecule has 86 valence electrons. The van der Waals surface area contributed by atoms with Crippen LogP contribution in [0.5, 0.6) is 0 Å². The van der Waals surface area contributed by atoms with Crippen molar-refractivity contribution in [1.29, 1.82) is 5.26 Å². The molecule has 17 heavy (non-hydrogen) atoms. The minimum absolute atomic E-state index is 0.458. The van der Waals surface area contributed by atoms with Gasteiger partial charge in [-0.05, 0) is 18.6 Å². The molecule has 2 nitrogen and oxygen atoms in total. The Morgan fingerprint density at radius 3 is 2.24 bits per heavy atom. The number of nitrogens with zero attached hydrogens (tertiary/aromatic N) is 2. The molecule has 0 amide bonds. The van der Waals surface area contributed by atoms with Crippen molar-refractivity contribution < 1.29 is 0 Å². The van der Waals surface area contributed by atoms with Crippen LogP contribution in [0.3, 0.4) is 0 Å². The van der Waals surface area contributed by atoms with Crippen LogP contribution in [0.1, 0.15) is 25.1 Å². The fourth-order valence-corrected chi connectivity index (χ4v) is 1.48. The van der Waals surface area contributed by atoms with Gasteiger partial charge in [0.2, 0.25) is 0 Å². The first-order valence-corrected chi connectivity index (χ1v) is 5.74. The number of aryl methyl sites for hydroxylation is 1. The summed E-state index contributed by atoms with van der Waals surface area (Å²) in [5.41, 5.74) is 3.47. The first-order chi connectivity index (χ1) is 8.31. The van der Waals surface area contributed by atoms with Gasteiger partial charge in [0.25, 0.3) is 0 Å². The molecule has 0 aliphatic rings. The van der Waals surface area contributed by atoms with Gasteiger partial charge in [0.05, 0.1) is 5.69 Å². The molecule has 0 aliphatic heterocycles. The number of benzene rings is 1. The Morgan fingerprint density at radius 1 is 1.00 bits per heavy atom. The maximum Gasteiger partial charge on any atom is 0.141 e. The molecule has 1 aromatic carbocycles. The van der Waals surface area contributed by atoms with Crippen LogP contribution in [0, 0.1) is 18.3 Å². The summed E-state index contributed by atoms with van der Waals surface area (Å²) in [6.07, 6.45) is 0. The molecule has 0 fully saturated rings. The fraction of sp³-hybridized carbons (Fsp3) is 0.200. The minimum atomic E-state index is 0.458. The van der Waals surface area contributed by atoms with E-state index >= 15 is 0 Å². The highest BCUT2D eigenvalue weighted by molar-refractivity contribution is 5.63. The minimum Gasteiger partial charge on any atom is -0.237 e. The molecule has 0 N–H and O–H groups in total. The lowest BCUT2D eigenvalue weighted by Crippen LogP contribution is -1.90. The second kappa shape index (κ2) is 6.44. The van der Waals surface area contributed by atoms with E-state index in [1.165, 1.54) is 0 Å². The zero-order chi connectivity index (χ0) is 12.7. The molecule has 1 aromatic heterocycles. The van der Waals surface area contributed by atoms with Crippen molar-refractivity contribution in [2.24, 2.45) is 0 Å². The van der Waals surface area contributed by atoms with E-state index in [1.54, 1.807) is 6.07 Å². The molecular formula is C15H16N2. The number of nitriles is 1. The molecule has 0 saturated heterocycles. The van der Waals surface area contributed by atoms with Gasteiger partial charge >= 0.3 is 0 Å². The van der Waals surface area contributed by atoms with Gasteiger partial charge in [-0.25, -0.2) is 4.98 Å². The van der Waals surface area contributed by atoms with Gasteiger partial charge in [0, 0.05) is 5.56 Å². The first kappa shape index (κ1) is 12.9. The maximum absolute atomic E-state index is 8.79. The van der Waals surface area contributed by atoms with Crippen molar-refractivity contribution >= 4 is 0 Å². The smallest absolute Gasteiger partial charge is 0.141 e. The third-order valence-electron chi connectivity index (χ3n) is 2.26. The SMILES string of the molecule is CC.Cc1ccc(C#N)nc1-c1ccccc1. The van der Waals surface area contributed by atoms with Gasteiger partial charge < -0.3 is 0 Å². The third kappa shape index (κ3) is 3.15. The van der Waals surface area contributed by atoms with Crippen molar-refractivity contribution in [3.05, 3.63) is 53.7 Å². The Bertz CT molecular complexity index is 510. The number of rotatable bonds is 1. The Morgan fingerprint density at radius 2 is 1.65 bits per heavy atom. The topological polar surface area (TPSA) is 36.7 Å². The van der Waals surface area contributed by atoms with E-state index in [-0.39, 0.29) is 0 Å². The highest BCUT2D eigenvalue weighted by Gasteiger charge is 2.03. The van der Waals surface area contributed by atoms with Crippen molar-refractivity contribution in [2.75, 3.05) is 0 Å². The molecule has 2 rings (SSSR count). The van der Waals surface area contributed by atoms with Gasteiger partial charge in [-0.15, -0.1) is 0 Å². The Labute approximate surface area is 103 Å². The van der Waals surface area contributed by atoms with Gasteiger partial charge in [-0.3, -0.25) is 0 Å². The molecule has 2 heteroatoms. The quantitative estimate of drug-likeness (QED) is 0.735. The lowest BCUT2D eigenvalue weighted by Gasteiger charge is -2.04. The number of aromatic nitrogens is 1. The summed E-state index contributed by atoms with van der Waals surface area (Å²) < 4.78 is 0. The van der Waals surface area contributed by atoms with Crippen molar-refractivity contribution in [1.82, 2.24) is 4.98 Å². The van der Waals surface area contributed by atoms with Crippen molar-refractivity contribution in [3.8, 4) is 17.3 Å². The summed E-state index contributed by atoms with van der Waals surface area (Å²) in [6.45, 7) is 6.00. The van der Waals surface area contributed by atoms with Crippen LogP contribution in [-0.4, -0.2) is 4.98 Å². The number of pyridine rings is 1. The summed E-state index contributed by atoms with van der Waals surface area (Å²) >= 11 is 0. The van der Waals surface area contributed by atoms with E-state index < -0.39 is 0 Å². The largest absolute Gasteiger partial charge is 0.237 e. The summed E-state index contributed by atoms with van der Waals surface area (Å²) in [5, 5.41) is 8.79. The van der Waals surface area contributed by atoms with E-state index in [0.29, 0.717) is 5.69 Å². The maximum atomic E-state index is 8.79. The predicted molar refractivity (Wildman–Crippen MR) is 70.5 cm³/mol. The molecule has 0 unspecified atom stereocenters. The van der Waals surface area contributed by atoms with Gasteiger partial charge in [-0.2, -0.15) is 5.26 Å². The highest BCUT2D eigenvalue weighted by Crippen LogP contribution is 2.20.